The lowest BCUT2D eigenvalue weighted by atomic mass is 9.80. The second-order valence-electron chi connectivity index (χ2n) is 8.53. The van der Waals surface area contributed by atoms with E-state index in [2.05, 4.69) is 6.92 Å². The van der Waals surface area contributed by atoms with Crippen LogP contribution in [0.15, 0.2) is 24.3 Å². The topological polar surface area (TPSA) is 23.8 Å². The second kappa shape index (κ2) is 10.7. The standard InChI is InChI=1S/C26H30F3N/c1-2-3-4-5-6-7-18-8-11-20(24(27)15-18)12-9-19-10-13-22-21(14-19)16-25(28)23(17-30)26(22)29/h8,11,15-16,19H,2-7,9-10,12-14H2,1H3. The molecule has 0 aromatic heterocycles. The Morgan fingerprint density at radius 1 is 1.00 bits per heavy atom. The van der Waals surface area contributed by atoms with Gasteiger partial charge in [-0.25, -0.2) is 13.2 Å². The Kier molecular flexibility index (Phi) is 7.96. The van der Waals surface area contributed by atoms with Crippen LogP contribution in [0.1, 0.15) is 79.7 Å². The minimum Gasteiger partial charge on any atom is -0.207 e. The maximum atomic E-state index is 14.5. The molecule has 0 N–H and O–H groups in total. The van der Waals surface area contributed by atoms with Crippen molar-refractivity contribution in [3.63, 3.8) is 0 Å². The van der Waals surface area contributed by atoms with E-state index in [0.717, 1.165) is 31.2 Å². The van der Waals surface area contributed by atoms with Gasteiger partial charge in [-0.1, -0.05) is 44.7 Å². The van der Waals surface area contributed by atoms with E-state index in [1.54, 1.807) is 12.1 Å². The van der Waals surface area contributed by atoms with Crippen molar-refractivity contribution in [2.45, 2.75) is 77.6 Å². The summed E-state index contributed by atoms with van der Waals surface area (Å²) in [6, 6.07) is 8.51. The Balaban J connectivity index is 1.55. The number of unbranched alkanes of at least 4 members (excludes halogenated alkanes) is 4. The predicted octanol–water partition coefficient (Wildman–Crippen LogP) is 7.23. The molecule has 4 heteroatoms. The summed E-state index contributed by atoms with van der Waals surface area (Å²) < 4.78 is 42.8. The van der Waals surface area contributed by atoms with Crippen LogP contribution in [0.4, 0.5) is 13.2 Å². The molecule has 2 aromatic rings. The number of hydrogen-bond donors (Lipinski definition) is 0. The zero-order valence-corrected chi connectivity index (χ0v) is 17.7. The number of rotatable bonds is 9. The molecule has 0 amide bonds. The summed E-state index contributed by atoms with van der Waals surface area (Å²) in [5, 5.41) is 8.93. The number of hydrogen-bond acceptors (Lipinski definition) is 1. The maximum Gasteiger partial charge on any atom is 0.147 e. The van der Waals surface area contributed by atoms with Gasteiger partial charge in [0, 0.05) is 0 Å². The molecule has 0 aliphatic heterocycles. The average molecular weight is 414 g/mol. The Labute approximate surface area is 177 Å². The summed E-state index contributed by atoms with van der Waals surface area (Å²) >= 11 is 0. The number of nitriles is 1. The predicted molar refractivity (Wildman–Crippen MR) is 114 cm³/mol. The van der Waals surface area contributed by atoms with Gasteiger partial charge in [0.15, 0.2) is 0 Å². The van der Waals surface area contributed by atoms with Gasteiger partial charge in [0.1, 0.15) is 29.1 Å². The van der Waals surface area contributed by atoms with Crippen LogP contribution in [-0.2, 0) is 25.7 Å². The van der Waals surface area contributed by atoms with Crippen molar-refractivity contribution in [3.05, 3.63) is 69.5 Å². The minimum atomic E-state index is -0.786. The van der Waals surface area contributed by atoms with E-state index in [9.17, 15) is 13.2 Å². The lowest BCUT2D eigenvalue weighted by Gasteiger charge is -2.25. The maximum absolute atomic E-state index is 14.5. The first-order chi connectivity index (χ1) is 14.5. The molecule has 160 valence electrons. The highest BCUT2D eigenvalue weighted by molar-refractivity contribution is 5.42. The molecule has 1 nitrogen and oxygen atoms in total. The molecule has 1 unspecified atom stereocenters. The highest BCUT2D eigenvalue weighted by atomic mass is 19.1. The molecule has 0 radical (unpaired) electrons. The van der Waals surface area contributed by atoms with Crippen molar-refractivity contribution in [3.8, 4) is 6.07 Å². The molecule has 0 spiro atoms. The number of aryl methyl sites for hydroxylation is 2. The van der Waals surface area contributed by atoms with E-state index in [-0.39, 0.29) is 11.7 Å². The van der Waals surface area contributed by atoms with Gasteiger partial charge < -0.3 is 0 Å². The van der Waals surface area contributed by atoms with Crippen LogP contribution < -0.4 is 0 Å². The zero-order valence-electron chi connectivity index (χ0n) is 17.7. The molecule has 1 atom stereocenters. The third kappa shape index (κ3) is 5.45. The molecule has 0 fully saturated rings. The van der Waals surface area contributed by atoms with E-state index in [1.807, 2.05) is 12.1 Å². The number of benzene rings is 2. The van der Waals surface area contributed by atoms with Crippen LogP contribution >= 0.6 is 0 Å². The zero-order chi connectivity index (χ0) is 21.5. The van der Waals surface area contributed by atoms with Gasteiger partial charge in [-0.3, -0.25) is 0 Å². The van der Waals surface area contributed by atoms with Crippen molar-refractivity contribution in [1.29, 1.82) is 5.26 Å². The van der Waals surface area contributed by atoms with Crippen LogP contribution in [0.5, 0.6) is 0 Å². The van der Waals surface area contributed by atoms with Gasteiger partial charge in [-0.05, 0) is 85.3 Å². The normalized spacial score (nSPS) is 15.6. The molecular formula is C26H30F3N. The Morgan fingerprint density at radius 2 is 1.80 bits per heavy atom. The Bertz CT molecular complexity index is 913. The Hall–Kier alpha value is -2.28. The number of halogens is 3. The van der Waals surface area contributed by atoms with Crippen LogP contribution in [0.2, 0.25) is 0 Å². The summed E-state index contributed by atoms with van der Waals surface area (Å²) in [5.74, 6) is -1.37. The number of nitrogens with zero attached hydrogens (tertiary/aromatic N) is 1. The molecule has 0 saturated carbocycles. The molecule has 3 rings (SSSR count). The fourth-order valence-corrected chi connectivity index (χ4v) is 4.51. The van der Waals surface area contributed by atoms with Gasteiger partial charge in [-0.15, -0.1) is 0 Å². The third-order valence-corrected chi connectivity index (χ3v) is 6.34. The van der Waals surface area contributed by atoms with Gasteiger partial charge >= 0.3 is 0 Å². The largest absolute Gasteiger partial charge is 0.207 e. The first-order valence-electron chi connectivity index (χ1n) is 11.2. The molecular weight excluding hydrogens is 383 g/mol. The molecule has 30 heavy (non-hydrogen) atoms. The van der Waals surface area contributed by atoms with Crippen molar-refractivity contribution in [2.24, 2.45) is 5.92 Å². The van der Waals surface area contributed by atoms with E-state index < -0.39 is 17.2 Å². The average Bonchev–Trinajstić information content (AvgIpc) is 2.73. The summed E-state index contributed by atoms with van der Waals surface area (Å²) in [6.07, 6.45) is 10.2. The van der Waals surface area contributed by atoms with Crippen molar-refractivity contribution in [1.82, 2.24) is 0 Å². The first kappa shape index (κ1) is 22.4. The first-order valence-corrected chi connectivity index (χ1v) is 11.2. The van der Waals surface area contributed by atoms with Crippen molar-refractivity contribution in [2.75, 3.05) is 0 Å². The molecule has 2 aromatic carbocycles. The molecule has 1 aliphatic carbocycles. The summed E-state index contributed by atoms with van der Waals surface area (Å²) in [4.78, 5) is 0. The van der Waals surface area contributed by atoms with Crippen molar-refractivity contribution < 1.29 is 13.2 Å². The van der Waals surface area contributed by atoms with Gasteiger partial charge in [0.25, 0.3) is 0 Å². The van der Waals surface area contributed by atoms with Gasteiger partial charge in [0.2, 0.25) is 0 Å². The third-order valence-electron chi connectivity index (χ3n) is 6.34. The smallest absolute Gasteiger partial charge is 0.147 e. The molecule has 0 saturated heterocycles. The van der Waals surface area contributed by atoms with Crippen molar-refractivity contribution >= 4 is 0 Å². The lowest BCUT2D eigenvalue weighted by Crippen LogP contribution is -2.18. The molecule has 0 bridgehead atoms. The Morgan fingerprint density at radius 3 is 2.53 bits per heavy atom. The second-order valence-corrected chi connectivity index (χ2v) is 8.53. The fraction of sp³-hybridized carbons (Fsp3) is 0.500. The van der Waals surface area contributed by atoms with E-state index in [1.165, 1.54) is 31.7 Å². The minimum absolute atomic E-state index is 0.145. The summed E-state index contributed by atoms with van der Waals surface area (Å²) in [7, 11) is 0. The highest BCUT2D eigenvalue weighted by Gasteiger charge is 2.25. The SMILES string of the molecule is CCCCCCCc1ccc(CCC2CCc3c(cc(F)c(C#N)c3F)C2)c(F)c1. The van der Waals surface area contributed by atoms with Gasteiger partial charge in [0.05, 0.1) is 0 Å². The van der Waals surface area contributed by atoms with E-state index in [4.69, 9.17) is 5.26 Å². The van der Waals surface area contributed by atoms with Crippen LogP contribution in [0.3, 0.4) is 0 Å². The fourth-order valence-electron chi connectivity index (χ4n) is 4.51. The highest BCUT2D eigenvalue weighted by Crippen LogP contribution is 2.32. The molecule has 1 aliphatic rings. The van der Waals surface area contributed by atoms with Gasteiger partial charge in [-0.2, -0.15) is 5.26 Å². The summed E-state index contributed by atoms with van der Waals surface area (Å²) in [5.41, 5.74) is 2.41. The number of fused-ring (bicyclic) bond motifs is 1. The quantitative estimate of drug-likeness (QED) is 0.398. The van der Waals surface area contributed by atoms with Crippen LogP contribution in [0.25, 0.3) is 0 Å². The molecule has 0 heterocycles. The van der Waals surface area contributed by atoms with E-state index >= 15 is 0 Å². The summed E-state index contributed by atoms with van der Waals surface area (Å²) in [6.45, 7) is 2.20. The van der Waals surface area contributed by atoms with Crippen LogP contribution in [-0.4, -0.2) is 0 Å². The van der Waals surface area contributed by atoms with Crippen LogP contribution in [0, 0.1) is 34.7 Å². The van der Waals surface area contributed by atoms with E-state index in [0.29, 0.717) is 36.0 Å². The monoisotopic (exact) mass is 413 g/mol. The lowest BCUT2D eigenvalue weighted by molar-refractivity contribution is 0.412.